The van der Waals surface area contributed by atoms with Crippen molar-refractivity contribution >= 4 is 39.9 Å². The number of carbonyl (C=O) groups excluding carboxylic acids is 1. The van der Waals surface area contributed by atoms with Crippen molar-refractivity contribution in [2.45, 2.75) is 26.3 Å². The third kappa shape index (κ3) is 3.31. The van der Waals surface area contributed by atoms with Crippen LogP contribution in [0.5, 0.6) is 0 Å². The summed E-state index contributed by atoms with van der Waals surface area (Å²) in [7, 11) is 0. The molecule has 142 valence electrons. The molecular weight excluding hydrogens is 382 g/mol. The number of fused-ring (bicyclic) bond motifs is 2. The summed E-state index contributed by atoms with van der Waals surface area (Å²) >= 11 is 6.07. The van der Waals surface area contributed by atoms with Crippen molar-refractivity contribution in [1.29, 1.82) is 0 Å². The van der Waals surface area contributed by atoms with Crippen LogP contribution in [-0.2, 0) is 11.2 Å². The van der Waals surface area contributed by atoms with Crippen molar-refractivity contribution < 1.29 is 4.79 Å². The van der Waals surface area contributed by atoms with Crippen LogP contribution in [0, 0.1) is 0 Å². The fraction of sp³-hybridized carbons (Fsp3) is 0.222. The van der Waals surface area contributed by atoms with E-state index in [4.69, 9.17) is 11.6 Å². The Morgan fingerprint density at radius 3 is 2.82 bits per heavy atom. The minimum absolute atomic E-state index is 0.0128. The Bertz CT molecular complexity index is 1260. The van der Waals surface area contributed by atoms with E-state index < -0.39 is 5.91 Å². The zero-order valence-electron chi connectivity index (χ0n) is 15.1. The monoisotopic (exact) mass is 397 g/mol. The fourth-order valence-electron chi connectivity index (χ4n) is 2.91. The summed E-state index contributed by atoms with van der Waals surface area (Å²) in [6.45, 7) is 3.89. The van der Waals surface area contributed by atoms with Crippen molar-refractivity contribution in [2.24, 2.45) is 0 Å². The smallest absolute Gasteiger partial charge is 0.231 e. The van der Waals surface area contributed by atoms with Crippen LogP contribution in [0.2, 0.25) is 5.02 Å². The molecule has 0 saturated heterocycles. The molecule has 1 aromatic carbocycles. The lowest BCUT2D eigenvalue weighted by Crippen LogP contribution is -2.25. The largest absolute Gasteiger partial charge is 0.309 e. The molecule has 4 aromatic rings. The highest BCUT2D eigenvalue weighted by atomic mass is 35.5. The van der Waals surface area contributed by atoms with E-state index in [1.807, 2.05) is 13.8 Å². The second-order valence-electron chi connectivity index (χ2n) is 6.55. The van der Waals surface area contributed by atoms with Crippen molar-refractivity contribution in [2.75, 3.05) is 5.32 Å². The van der Waals surface area contributed by atoms with E-state index in [0.717, 1.165) is 0 Å². The van der Waals surface area contributed by atoms with E-state index in [2.05, 4.69) is 25.7 Å². The number of nitrogens with one attached hydrogen (secondary N) is 1. The van der Waals surface area contributed by atoms with Crippen molar-refractivity contribution in [3.63, 3.8) is 0 Å². The first-order valence-electron chi connectivity index (χ1n) is 8.60. The van der Waals surface area contributed by atoms with Gasteiger partial charge in [-0.1, -0.05) is 11.6 Å². The molecule has 0 unspecified atom stereocenters. The number of hydrogen-bond donors (Lipinski definition) is 1. The summed E-state index contributed by atoms with van der Waals surface area (Å²) in [5.41, 5.74) is 1.07. The summed E-state index contributed by atoms with van der Waals surface area (Å²) in [5.74, 6) is -0.0674. The van der Waals surface area contributed by atoms with Crippen LogP contribution in [0.3, 0.4) is 0 Å². The van der Waals surface area contributed by atoms with Gasteiger partial charge in [-0.3, -0.25) is 14.3 Å². The molecule has 9 nitrogen and oxygen atoms in total. The molecule has 0 spiro atoms. The molecule has 0 fully saturated rings. The molecule has 4 rings (SSSR count). The molecule has 0 atom stereocenters. The second-order valence-corrected chi connectivity index (χ2v) is 6.99. The fourth-order valence-corrected chi connectivity index (χ4v) is 3.08. The standard InChI is InChI=1S/C18H16ClN7O2/c1-10(2)26-14-7-11(19)3-4-12(14)18(28)13(23-26)8-17(27)21-15-5-6-16-22-20-9-25(16)24-15/h3-7,9-10H,8H2,1-2H3,(H,21,24,27). The molecule has 0 aliphatic heterocycles. The van der Waals surface area contributed by atoms with Crippen LogP contribution >= 0.6 is 11.6 Å². The molecule has 1 N–H and O–H groups in total. The first-order valence-corrected chi connectivity index (χ1v) is 8.98. The summed E-state index contributed by atoms with van der Waals surface area (Å²) in [4.78, 5) is 25.3. The predicted molar refractivity (Wildman–Crippen MR) is 105 cm³/mol. The van der Waals surface area contributed by atoms with Gasteiger partial charge in [0.2, 0.25) is 11.3 Å². The quantitative estimate of drug-likeness (QED) is 0.566. The lowest BCUT2D eigenvalue weighted by Gasteiger charge is -2.15. The normalized spacial score (nSPS) is 11.4. The maximum absolute atomic E-state index is 12.8. The Kier molecular flexibility index (Phi) is 4.52. The Morgan fingerprint density at radius 2 is 2.04 bits per heavy atom. The average molecular weight is 398 g/mol. The third-order valence-electron chi connectivity index (χ3n) is 4.19. The first kappa shape index (κ1) is 18.1. The number of anilines is 1. The van der Waals surface area contributed by atoms with Crippen molar-refractivity contribution in [3.8, 4) is 0 Å². The molecular formula is C18H16ClN7O2. The number of nitrogens with zero attached hydrogens (tertiary/aromatic N) is 6. The Morgan fingerprint density at radius 1 is 1.21 bits per heavy atom. The zero-order valence-corrected chi connectivity index (χ0v) is 15.9. The van der Waals surface area contributed by atoms with Crippen LogP contribution in [0.1, 0.15) is 25.6 Å². The average Bonchev–Trinajstić information content (AvgIpc) is 3.11. The maximum atomic E-state index is 12.8. The number of hydrogen-bond acceptors (Lipinski definition) is 6. The Hall–Kier alpha value is -3.33. The topological polar surface area (TPSA) is 107 Å². The molecule has 3 aromatic heterocycles. The highest BCUT2D eigenvalue weighted by Gasteiger charge is 2.16. The Labute approximate surface area is 164 Å². The molecule has 0 aliphatic carbocycles. The van der Waals surface area contributed by atoms with Crippen LogP contribution in [0.25, 0.3) is 16.6 Å². The van der Waals surface area contributed by atoms with Gasteiger partial charge in [-0.2, -0.15) is 9.61 Å². The van der Waals surface area contributed by atoms with E-state index in [1.54, 1.807) is 35.0 Å². The number of rotatable bonds is 4. The minimum atomic E-state index is -0.395. The van der Waals surface area contributed by atoms with Gasteiger partial charge in [0, 0.05) is 16.5 Å². The van der Waals surface area contributed by atoms with Crippen LogP contribution in [0.15, 0.2) is 41.5 Å². The lowest BCUT2D eigenvalue weighted by atomic mass is 10.1. The SMILES string of the molecule is CC(C)n1nc(CC(=O)Nc2ccc3nncn3n2)c(=O)c2ccc(Cl)cc21. The van der Waals surface area contributed by atoms with Crippen LogP contribution in [-0.4, -0.2) is 35.5 Å². The summed E-state index contributed by atoms with van der Waals surface area (Å²) < 4.78 is 3.14. The van der Waals surface area contributed by atoms with Crippen molar-refractivity contribution in [3.05, 3.63) is 57.6 Å². The van der Waals surface area contributed by atoms with Gasteiger partial charge in [-0.15, -0.1) is 15.3 Å². The lowest BCUT2D eigenvalue weighted by molar-refractivity contribution is -0.115. The minimum Gasteiger partial charge on any atom is -0.309 e. The van der Waals surface area contributed by atoms with Gasteiger partial charge in [0.1, 0.15) is 12.0 Å². The number of carbonyl (C=O) groups is 1. The number of amides is 1. The van der Waals surface area contributed by atoms with E-state index in [0.29, 0.717) is 27.4 Å². The van der Waals surface area contributed by atoms with Gasteiger partial charge in [-0.05, 0) is 44.2 Å². The van der Waals surface area contributed by atoms with Gasteiger partial charge in [0.25, 0.3) is 0 Å². The number of halogens is 1. The van der Waals surface area contributed by atoms with Crippen LogP contribution < -0.4 is 10.7 Å². The molecule has 1 amide bonds. The molecule has 0 saturated carbocycles. The molecule has 0 aliphatic rings. The first-order chi connectivity index (χ1) is 13.4. The van der Waals surface area contributed by atoms with E-state index >= 15 is 0 Å². The highest BCUT2D eigenvalue weighted by molar-refractivity contribution is 6.31. The molecule has 0 radical (unpaired) electrons. The summed E-state index contributed by atoms with van der Waals surface area (Å²) in [5, 5.41) is 19.8. The second kappa shape index (κ2) is 7.01. The van der Waals surface area contributed by atoms with Gasteiger partial charge in [0.15, 0.2) is 11.5 Å². The molecule has 28 heavy (non-hydrogen) atoms. The number of aromatic nitrogens is 6. The summed E-state index contributed by atoms with van der Waals surface area (Å²) in [6, 6.07) is 8.29. The van der Waals surface area contributed by atoms with E-state index in [-0.39, 0.29) is 23.6 Å². The Balaban J connectivity index is 1.66. The maximum Gasteiger partial charge on any atom is 0.231 e. The van der Waals surface area contributed by atoms with Gasteiger partial charge < -0.3 is 5.32 Å². The molecule has 0 bridgehead atoms. The van der Waals surface area contributed by atoms with E-state index in [1.165, 1.54) is 10.8 Å². The van der Waals surface area contributed by atoms with Gasteiger partial charge >= 0.3 is 0 Å². The zero-order chi connectivity index (χ0) is 19.8. The van der Waals surface area contributed by atoms with E-state index in [9.17, 15) is 9.59 Å². The van der Waals surface area contributed by atoms with Gasteiger partial charge in [-0.25, -0.2) is 0 Å². The predicted octanol–water partition coefficient (Wildman–Crippen LogP) is 2.25. The van der Waals surface area contributed by atoms with Crippen molar-refractivity contribution in [1.82, 2.24) is 29.6 Å². The summed E-state index contributed by atoms with van der Waals surface area (Å²) in [6.07, 6.45) is 1.26. The van der Waals surface area contributed by atoms with Crippen LogP contribution in [0.4, 0.5) is 5.82 Å². The highest BCUT2D eigenvalue weighted by Crippen LogP contribution is 2.19. The number of benzene rings is 1. The third-order valence-corrected chi connectivity index (χ3v) is 4.42. The van der Waals surface area contributed by atoms with Gasteiger partial charge in [0.05, 0.1) is 11.9 Å². The molecule has 3 heterocycles. The molecule has 10 heteroatoms.